The van der Waals surface area contributed by atoms with E-state index in [4.69, 9.17) is 16.7 Å². The summed E-state index contributed by atoms with van der Waals surface area (Å²) in [6.45, 7) is -0.137. The minimum atomic E-state index is -3.82. The SMILES string of the molecule is CN(N)C(=O)n1cnc(C(=O)NCCNS(N)(=O)=O)c1N. The lowest BCUT2D eigenvalue weighted by Gasteiger charge is -2.11. The van der Waals surface area contributed by atoms with E-state index in [1.807, 2.05) is 4.72 Å². The Morgan fingerprint density at radius 1 is 1.43 bits per heavy atom. The van der Waals surface area contributed by atoms with Crippen LogP contribution in [0.15, 0.2) is 6.33 Å². The summed E-state index contributed by atoms with van der Waals surface area (Å²) >= 11 is 0. The molecule has 12 nitrogen and oxygen atoms in total. The smallest absolute Gasteiger partial charge is 0.344 e. The molecule has 0 aliphatic rings. The number of nitrogens with zero attached hydrogens (tertiary/aromatic N) is 3. The Bertz CT molecular complexity index is 637. The van der Waals surface area contributed by atoms with Gasteiger partial charge in [0.1, 0.15) is 12.1 Å². The van der Waals surface area contributed by atoms with Gasteiger partial charge in [0.25, 0.3) is 16.1 Å². The molecule has 118 valence electrons. The van der Waals surface area contributed by atoms with Crippen LogP contribution in [0.1, 0.15) is 10.5 Å². The molecule has 1 aromatic heterocycles. The Labute approximate surface area is 120 Å². The van der Waals surface area contributed by atoms with Gasteiger partial charge in [0.2, 0.25) is 0 Å². The zero-order valence-corrected chi connectivity index (χ0v) is 11.9. The van der Waals surface area contributed by atoms with Gasteiger partial charge in [-0.1, -0.05) is 0 Å². The molecule has 0 spiro atoms. The highest BCUT2D eigenvalue weighted by Crippen LogP contribution is 2.10. The first kappa shape index (κ1) is 16.8. The van der Waals surface area contributed by atoms with Gasteiger partial charge in [0, 0.05) is 20.1 Å². The molecule has 1 aromatic rings. The number of nitrogens with one attached hydrogen (secondary N) is 2. The van der Waals surface area contributed by atoms with E-state index in [0.29, 0.717) is 0 Å². The second kappa shape index (κ2) is 6.49. The lowest BCUT2D eigenvalue weighted by molar-refractivity contribution is 0.0951. The number of amides is 2. The Kier molecular flexibility index (Phi) is 5.20. The summed E-state index contributed by atoms with van der Waals surface area (Å²) < 4.78 is 24.1. The normalized spacial score (nSPS) is 11.2. The molecule has 0 saturated carbocycles. The van der Waals surface area contributed by atoms with Crippen LogP contribution in [0.25, 0.3) is 0 Å². The number of anilines is 1. The van der Waals surface area contributed by atoms with Gasteiger partial charge in [-0.2, -0.15) is 8.42 Å². The fourth-order valence-corrected chi connectivity index (χ4v) is 1.69. The van der Waals surface area contributed by atoms with Crippen LogP contribution in [0.2, 0.25) is 0 Å². The Hall–Kier alpha value is -2.22. The number of hydrogen-bond donors (Lipinski definition) is 5. The van der Waals surface area contributed by atoms with Crippen LogP contribution in [0.5, 0.6) is 0 Å². The van der Waals surface area contributed by atoms with Crippen LogP contribution in [0.3, 0.4) is 0 Å². The number of carbonyl (C=O) groups is 2. The van der Waals surface area contributed by atoms with E-state index in [1.54, 1.807) is 0 Å². The zero-order chi connectivity index (χ0) is 16.2. The molecule has 0 aliphatic heterocycles. The van der Waals surface area contributed by atoms with Crippen LogP contribution in [-0.4, -0.2) is 55.1 Å². The highest BCUT2D eigenvalue weighted by Gasteiger charge is 2.19. The van der Waals surface area contributed by atoms with Crippen LogP contribution >= 0.6 is 0 Å². The Morgan fingerprint density at radius 2 is 2.05 bits per heavy atom. The van der Waals surface area contributed by atoms with Crippen molar-refractivity contribution < 1.29 is 18.0 Å². The zero-order valence-electron chi connectivity index (χ0n) is 11.1. The molecule has 13 heteroatoms. The van der Waals surface area contributed by atoms with Crippen molar-refractivity contribution in [3.05, 3.63) is 12.0 Å². The highest BCUT2D eigenvalue weighted by molar-refractivity contribution is 7.87. The summed E-state index contributed by atoms with van der Waals surface area (Å²) in [5.41, 5.74) is 5.44. The Morgan fingerprint density at radius 3 is 2.57 bits per heavy atom. The minimum absolute atomic E-state index is 0.0354. The molecule has 0 aliphatic carbocycles. The van der Waals surface area contributed by atoms with E-state index in [0.717, 1.165) is 15.9 Å². The van der Waals surface area contributed by atoms with Crippen molar-refractivity contribution in [2.75, 3.05) is 25.9 Å². The Balaban J connectivity index is 2.66. The number of imidazole rings is 1. The molecule has 2 amide bonds. The quantitative estimate of drug-likeness (QED) is 0.163. The monoisotopic (exact) mass is 320 g/mol. The molecule has 0 radical (unpaired) electrons. The number of rotatable bonds is 5. The maximum atomic E-state index is 11.8. The van der Waals surface area contributed by atoms with E-state index in [9.17, 15) is 18.0 Å². The third-order valence-corrected chi connectivity index (χ3v) is 2.85. The molecular weight excluding hydrogens is 304 g/mol. The molecule has 0 unspecified atom stereocenters. The van der Waals surface area contributed by atoms with Gasteiger partial charge in [0.15, 0.2) is 5.69 Å². The largest absolute Gasteiger partial charge is 0.383 e. The van der Waals surface area contributed by atoms with Gasteiger partial charge >= 0.3 is 6.03 Å². The van der Waals surface area contributed by atoms with Crippen LogP contribution < -0.4 is 26.8 Å². The topological polar surface area (TPSA) is 191 Å². The molecule has 0 bridgehead atoms. The number of hydrogen-bond acceptors (Lipinski definition) is 7. The first-order valence-electron chi connectivity index (χ1n) is 5.54. The summed E-state index contributed by atoms with van der Waals surface area (Å²) in [6, 6.07) is -0.671. The first-order chi connectivity index (χ1) is 9.63. The van der Waals surface area contributed by atoms with E-state index in [1.165, 1.54) is 7.05 Å². The summed E-state index contributed by atoms with van der Waals surface area (Å²) in [5, 5.41) is 7.85. The second-order valence-electron chi connectivity index (χ2n) is 3.94. The van der Waals surface area contributed by atoms with E-state index in [-0.39, 0.29) is 24.6 Å². The van der Waals surface area contributed by atoms with Gasteiger partial charge in [-0.3, -0.25) is 9.80 Å². The average molecular weight is 320 g/mol. The lowest BCUT2D eigenvalue weighted by Crippen LogP contribution is -2.38. The number of hydrazine groups is 1. The summed E-state index contributed by atoms with van der Waals surface area (Å²) in [4.78, 5) is 27.1. The standard InChI is InChI=1S/C8H16N8O4S/c1-15(10)8(18)16-4-13-5(6(16)9)7(17)12-2-3-14-21(11,19)20/h4,14H,2-3,9-10H2,1H3,(H,12,17)(H2,11,19,20). The first-order valence-corrected chi connectivity index (χ1v) is 7.09. The average Bonchev–Trinajstić information content (AvgIpc) is 2.74. The van der Waals surface area contributed by atoms with Crippen molar-refractivity contribution in [3.63, 3.8) is 0 Å². The molecule has 1 heterocycles. The molecule has 1 rings (SSSR count). The predicted molar refractivity (Wildman–Crippen MR) is 72.8 cm³/mol. The minimum Gasteiger partial charge on any atom is -0.383 e. The third-order valence-electron chi connectivity index (χ3n) is 2.24. The van der Waals surface area contributed by atoms with Crippen molar-refractivity contribution in [1.29, 1.82) is 0 Å². The maximum Gasteiger partial charge on any atom is 0.344 e. The van der Waals surface area contributed by atoms with Crippen LogP contribution in [0.4, 0.5) is 10.6 Å². The molecule has 0 saturated heterocycles. The number of carbonyl (C=O) groups excluding carboxylic acids is 2. The highest BCUT2D eigenvalue weighted by atomic mass is 32.2. The number of aromatic nitrogens is 2. The fraction of sp³-hybridized carbons (Fsp3) is 0.375. The van der Waals surface area contributed by atoms with Gasteiger partial charge < -0.3 is 11.1 Å². The molecule has 21 heavy (non-hydrogen) atoms. The molecular formula is C8H16N8O4S. The van der Waals surface area contributed by atoms with Crippen molar-refractivity contribution >= 4 is 28.0 Å². The molecule has 0 atom stereocenters. The van der Waals surface area contributed by atoms with Crippen molar-refractivity contribution in [2.24, 2.45) is 11.0 Å². The second-order valence-corrected chi connectivity index (χ2v) is 5.32. The van der Waals surface area contributed by atoms with E-state index >= 15 is 0 Å². The number of nitrogen functional groups attached to an aromatic ring is 1. The lowest BCUT2D eigenvalue weighted by atomic mass is 10.4. The van der Waals surface area contributed by atoms with E-state index < -0.39 is 22.1 Å². The van der Waals surface area contributed by atoms with E-state index in [2.05, 4.69) is 10.3 Å². The molecule has 8 N–H and O–H groups in total. The van der Waals surface area contributed by atoms with Crippen molar-refractivity contribution in [1.82, 2.24) is 24.6 Å². The predicted octanol–water partition coefficient (Wildman–Crippen LogP) is -3.24. The summed E-state index contributed by atoms with van der Waals surface area (Å²) in [5.74, 6) is 4.41. The van der Waals surface area contributed by atoms with Gasteiger partial charge in [0.05, 0.1) is 0 Å². The maximum absolute atomic E-state index is 11.8. The van der Waals surface area contributed by atoms with Gasteiger partial charge in [-0.15, -0.1) is 0 Å². The summed E-state index contributed by atoms with van der Waals surface area (Å²) in [7, 11) is -2.52. The van der Waals surface area contributed by atoms with Crippen LogP contribution in [-0.2, 0) is 10.2 Å². The number of nitrogens with two attached hydrogens (primary N) is 3. The fourth-order valence-electron chi connectivity index (χ4n) is 1.31. The van der Waals surface area contributed by atoms with Crippen LogP contribution in [0, 0.1) is 0 Å². The van der Waals surface area contributed by atoms with Gasteiger partial charge in [-0.05, 0) is 0 Å². The van der Waals surface area contributed by atoms with Crippen molar-refractivity contribution in [3.8, 4) is 0 Å². The van der Waals surface area contributed by atoms with Gasteiger partial charge in [-0.25, -0.2) is 30.0 Å². The van der Waals surface area contributed by atoms with Crippen molar-refractivity contribution in [2.45, 2.75) is 0 Å². The molecule has 0 fully saturated rings. The third kappa shape index (κ3) is 4.67. The molecule has 0 aromatic carbocycles. The summed E-state index contributed by atoms with van der Waals surface area (Å²) in [6.07, 6.45) is 1.05.